The van der Waals surface area contributed by atoms with Crippen LogP contribution in [0.3, 0.4) is 0 Å². The lowest BCUT2D eigenvalue weighted by Gasteiger charge is -2.44. The summed E-state index contributed by atoms with van der Waals surface area (Å²) >= 11 is 1.63. The summed E-state index contributed by atoms with van der Waals surface area (Å²) in [6, 6.07) is 8.63. The molecule has 1 aromatic carbocycles. The number of nitrogens with zero attached hydrogens (tertiary/aromatic N) is 3. The van der Waals surface area contributed by atoms with Crippen LogP contribution in [-0.2, 0) is 4.79 Å². The number of urea groups is 1. The van der Waals surface area contributed by atoms with Crippen LogP contribution in [-0.4, -0.2) is 69.0 Å². The molecule has 26 heavy (non-hydrogen) atoms. The van der Waals surface area contributed by atoms with E-state index in [4.69, 9.17) is 0 Å². The Morgan fingerprint density at radius 3 is 2.77 bits per heavy atom. The molecule has 0 spiro atoms. The average molecular weight is 374 g/mol. The summed E-state index contributed by atoms with van der Waals surface area (Å²) < 4.78 is 0. The van der Waals surface area contributed by atoms with Crippen molar-refractivity contribution in [3.63, 3.8) is 0 Å². The van der Waals surface area contributed by atoms with Gasteiger partial charge in [0.1, 0.15) is 11.8 Å². The van der Waals surface area contributed by atoms with Crippen LogP contribution in [0.5, 0.6) is 0 Å². The molecule has 0 aliphatic carbocycles. The van der Waals surface area contributed by atoms with Gasteiger partial charge in [0.15, 0.2) is 12.1 Å². The van der Waals surface area contributed by atoms with Gasteiger partial charge in [-0.05, 0) is 18.6 Å². The van der Waals surface area contributed by atoms with Gasteiger partial charge in [-0.3, -0.25) is 14.5 Å². The van der Waals surface area contributed by atoms with Crippen LogP contribution in [0.2, 0.25) is 0 Å². The van der Waals surface area contributed by atoms with E-state index in [1.54, 1.807) is 45.8 Å². The van der Waals surface area contributed by atoms with Crippen LogP contribution in [0.25, 0.3) is 0 Å². The van der Waals surface area contributed by atoms with Gasteiger partial charge in [0.05, 0.1) is 6.04 Å². The standard InChI is InChI=1S/C18H22N4O3S/c1-2-9-20-16(24)15-13(8-10-26-15)22-17(20)19-21(18(22)25)11-14(23)12-6-4-3-5-7-12/h3-7,13,15,17,19H,2,8-11H2,1H3. The van der Waals surface area contributed by atoms with E-state index < -0.39 is 6.29 Å². The predicted molar refractivity (Wildman–Crippen MR) is 98.3 cm³/mol. The summed E-state index contributed by atoms with van der Waals surface area (Å²) in [7, 11) is 0. The fraction of sp³-hybridized carbons (Fsp3) is 0.500. The van der Waals surface area contributed by atoms with Crippen molar-refractivity contribution in [2.45, 2.75) is 37.3 Å². The molecule has 3 heterocycles. The molecule has 3 aliphatic rings. The number of carbonyl (C=O) groups excluding carboxylic acids is 3. The zero-order chi connectivity index (χ0) is 18.3. The van der Waals surface area contributed by atoms with Crippen LogP contribution in [0.4, 0.5) is 4.79 Å². The number of Topliss-reactive ketones (excluding diaryl/α,β-unsaturated/α-hetero) is 1. The normalized spacial score (nSPS) is 27.7. The Bertz CT molecular complexity index is 728. The first-order chi connectivity index (χ1) is 12.6. The number of hydrogen-bond acceptors (Lipinski definition) is 5. The van der Waals surface area contributed by atoms with Crippen LogP contribution in [0.15, 0.2) is 30.3 Å². The molecule has 0 saturated carbocycles. The van der Waals surface area contributed by atoms with Gasteiger partial charge in [0.2, 0.25) is 5.91 Å². The number of benzene rings is 1. The maximum atomic E-state index is 13.0. The maximum absolute atomic E-state index is 13.0. The largest absolute Gasteiger partial charge is 0.337 e. The molecule has 1 aromatic rings. The molecule has 3 aliphatic heterocycles. The minimum Gasteiger partial charge on any atom is -0.307 e. The number of fused-ring (bicyclic) bond motifs is 3. The summed E-state index contributed by atoms with van der Waals surface area (Å²) in [5.41, 5.74) is 3.68. The zero-order valence-electron chi connectivity index (χ0n) is 14.6. The van der Waals surface area contributed by atoms with Gasteiger partial charge >= 0.3 is 6.03 Å². The van der Waals surface area contributed by atoms with Gasteiger partial charge < -0.3 is 4.90 Å². The molecule has 3 amide bonds. The molecule has 3 fully saturated rings. The number of rotatable bonds is 5. The van der Waals surface area contributed by atoms with E-state index in [1.165, 1.54) is 5.01 Å². The lowest BCUT2D eigenvalue weighted by molar-refractivity contribution is -0.144. The summed E-state index contributed by atoms with van der Waals surface area (Å²) in [5, 5.41) is 1.18. The molecular formula is C18H22N4O3S. The number of hydrogen-bond donors (Lipinski definition) is 1. The van der Waals surface area contributed by atoms with Crippen molar-refractivity contribution in [3.8, 4) is 0 Å². The van der Waals surface area contributed by atoms with Gasteiger partial charge in [0, 0.05) is 12.1 Å². The molecular weight excluding hydrogens is 352 g/mol. The molecule has 3 unspecified atom stereocenters. The number of hydrazine groups is 1. The predicted octanol–water partition coefficient (Wildman–Crippen LogP) is 1.52. The highest BCUT2D eigenvalue weighted by molar-refractivity contribution is 8.00. The van der Waals surface area contributed by atoms with E-state index in [-0.39, 0.29) is 35.6 Å². The molecule has 0 aromatic heterocycles. The Morgan fingerprint density at radius 2 is 2.04 bits per heavy atom. The van der Waals surface area contributed by atoms with Gasteiger partial charge in [-0.1, -0.05) is 37.3 Å². The van der Waals surface area contributed by atoms with Crippen LogP contribution in [0, 0.1) is 0 Å². The van der Waals surface area contributed by atoms with Crippen molar-refractivity contribution in [2.24, 2.45) is 0 Å². The summed E-state index contributed by atoms with van der Waals surface area (Å²) in [5.74, 6) is 0.842. The Hall–Kier alpha value is -2.06. The number of carbonyl (C=O) groups is 3. The van der Waals surface area contributed by atoms with Gasteiger partial charge in [-0.25, -0.2) is 9.80 Å². The SMILES string of the molecule is CCCN1C(=O)C2SCCC2N2C(=O)N(CC(=O)c3ccccc3)NC12. The molecule has 0 bridgehead atoms. The quantitative estimate of drug-likeness (QED) is 0.791. The van der Waals surface area contributed by atoms with Crippen molar-refractivity contribution >= 4 is 29.5 Å². The number of nitrogens with one attached hydrogen (secondary N) is 1. The first-order valence-corrected chi connectivity index (χ1v) is 10.0. The topological polar surface area (TPSA) is 73.0 Å². The van der Waals surface area contributed by atoms with Crippen LogP contribution >= 0.6 is 11.8 Å². The van der Waals surface area contributed by atoms with Gasteiger partial charge in [0.25, 0.3) is 0 Å². The van der Waals surface area contributed by atoms with Crippen molar-refractivity contribution in [3.05, 3.63) is 35.9 Å². The van der Waals surface area contributed by atoms with Crippen molar-refractivity contribution in [1.82, 2.24) is 20.2 Å². The van der Waals surface area contributed by atoms with E-state index in [0.29, 0.717) is 12.1 Å². The first-order valence-electron chi connectivity index (χ1n) is 8.98. The summed E-state index contributed by atoms with van der Waals surface area (Å²) in [4.78, 5) is 41.9. The fourth-order valence-electron chi connectivity index (χ4n) is 3.87. The molecule has 4 rings (SSSR count). The van der Waals surface area contributed by atoms with E-state index in [0.717, 1.165) is 18.6 Å². The smallest absolute Gasteiger partial charge is 0.307 e. The van der Waals surface area contributed by atoms with E-state index in [2.05, 4.69) is 5.43 Å². The molecule has 7 nitrogen and oxygen atoms in total. The minimum atomic E-state index is -0.488. The Kier molecular flexibility index (Phi) is 4.62. The Labute approximate surface area is 156 Å². The lowest BCUT2D eigenvalue weighted by Crippen LogP contribution is -2.66. The number of ketones is 1. The third-order valence-corrected chi connectivity index (χ3v) is 6.43. The third-order valence-electron chi connectivity index (χ3n) is 5.09. The van der Waals surface area contributed by atoms with E-state index in [9.17, 15) is 14.4 Å². The lowest BCUT2D eigenvalue weighted by atomic mass is 10.1. The Morgan fingerprint density at radius 1 is 1.27 bits per heavy atom. The minimum absolute atomic E-state index is 0.0471. The second-order valence-electron chi connectivity index (χ2n) is 6.75. The van der Waals surface area contributed by atoms with Crippen LogP contribution < -0.4 is 5.43 Å². The first kappa shape index (κ1) is 17.4. The molecule has 8 heteroatoms. The highest BCUT2D eigenvalue weighted by atomic mass is 32.2. The maximum Gasteiger partial charge on any atom is 0.337 e. The molecule has 138 valence electrons. The monoisotopic (exact) mass is 374 g/mol. The number of thioether (sulfide) groups is 1. The van der Waals surface area contributed by atoms with Crippen molar-refractivity contribution in [2.75, 3.05) is 18.8 Å². The molecule has 0 radical (unpaired) electrons. The second kappa shape index (κ2) is 6.92. The van der Waals surface area contributed by atoms with Gasteiger partial charge in [-0.15, -0.1) is 11.8 Å². The second-order valence-corrected chi connectivity index (χ2v) is 8.00. The summed E-state index contributed by atoms with van der Waals surface area (Å²) in [6.45, 7) is 2.55. The van der Waals surface area contributed by atoms with E-state index >= 15 is 0 Å². The fourth-order valence-corrected chi connectivity index (χ4v) is 5.27. The van der Waals surface area contributed by atoms with Crippen molar-refractivity contribution in [1.29, 1.82) is 0 Å². The highest BCUT2D eigenvalue weighted by Crippen LogP contribution is 2.39. The summed E-state index contributed by atoms with van der Waals surface area (Å²) in [6.07, 6.45) is 1.14. The van der Waals surface area contributed by atoms with Crippen LogP contribution in [0.1, 0.15) is 30.1 Å². The zero-order valence-corrected chi connectivity index (χ0v) is 15.4. The van der Waals surface area contributed by atoms with E-state index in [1.807, 2.05) is 13.0 Å². The Balaban J connectivity index is 1.56. The average Bonchev–Trinajstić information content (AvgIpc) is 3.25. The van der Waals surface area contributed by atoms with Crippen molar-refractivity contribution < 1.29 is 14.4 Å². The third kappa shape index (κ3) is 2.77. The van der Waals surface area contributed by atoms with Gasteiger partial charge in [-0.2, -0.15) is 5.43 Å². The molecule has 3 atom stereocenters. The highest BCUT2D eigenvalue weighted by Gasteiger charge is 2.55. The molecule has 1 N–H and O–H groups in total. The molecule has 3 saturated heterocycles. The number of amides is 3.